The van der Waals surface area contributed by atoms with Crippen LogP contribution in [0.4, 0.5) is 5.69 Å². The lowest BCUT2D eigenvalue weighted by atomic mass is 9.68. The Morgan fingerprint density at radius 1 is 1.12 bits per heavy atom. The number of carbonyl (C=O) groups excluding carboxylic acids is 1. The Morgan fingerprint density at radius 3 is 2.67 bits per heavy atom. The molecule has 9 heteroatoms. The number of anilines is 1. The highest BCUT2D eigenvalue weighted by Crippen LogP contribution is 2.47. The molecule has 2 bridgehead atoms. The Labute approximate surface area is 257 Å². The molecule has 6 rings (SSSR count). The molecule has 2 heterocycles. The van der Waals surface area contributed by atoms with Crippen LogP contribution in [-0.2, 0) is 27.0 Å². The van der Waals surface area contributed by atoms with E-state index in [1.807, 2.05) is 25.1 Å². The van der Waals surface area contributed by atoms with Crippen LogP contribution in [-0.4, -0.2) is 71.5 Å². The van der Waals surface area contributed by atoms with Gasteiger partial charge in [0.05, 0.1) is 24.8 Å². The molecule has 230 valence electrons. The molecule has 6 atom stereocenters. The number of carboxylic acid groups (broad SMARTS) is 1. The summed E-state index contributed by atoms with van der Waals surface area (Å²) in [4.78, 5) is 29.5. The van der Waals surface area contributed by atoms with E-state index in [-0.39, 0.29) is 28.7 Å². The number of nitrogens with zero attached hydrogens (tertiary/aromatic N) is 2. The average molecular weight is 609 g/mol. The van der Waals surface area contributed by atoms with Gasteiger partial charge in [-0.05, 0) is 90.8 Å². The van der Waals surface area contributed by atoms with Crippen LogP contribution >= 0.6 is 11.6 Å². The molecule has 8 nitrogen and oxygen atoms in total. The van der Waals surface area contributed by atoms with Gasteiger partial charge >= 0.3 is 5.97 Å². The molecule has 0 saturated heterocycles. The molecule has 3 N–H and O–H groups in total. The third-order valence-electron chi connectivity index (χ3n) is 10.3. The second-order valence-electron chi connectivity index (χ2n) is 13.3. The largest absolute Gasteiger partial charge is 0.490 e. The second kappa shape index (κ2) is 11.5. The fourth-order valence-corrected chi connectivity index (χ4v) is 7.82. The molecule has 1 fully saturated rings. The average Bonchev–Trinajstić information content (AvgIpc) is 3.10. The summed E-state index contributed by atoms with van der Waals surface area (Å²) in [5, 5.41) is 33.7. The molecular formula is C34H41ClN2O6. The summed E-state index contributed by atoms with van der Waals surface area (Å²) in [6.45, 7) is 4.04. The quantitative estimate of drug-likeness (QED) is 0.408. The van der Waals surface area contributed by atoms with Crippen molar-refractivity contribution in [3.05, 3.63) is 70.3 Å². The lowest BCUT2D eigenvalue weighted by Crippen LogP contribution is -2.49. The minimum absolute atomic E-state index is 0.0543. The molecule has 0 aromatic heterocycles. The SMILES string of the molecule is C[C@@H]1/C=C/[C@H](O)[C@@H]2CC[C@H]2CN2C[C@@]3(CCCc4cc(Cl)ccc43)COc3ccc(cc32)[C@@](O)(C(=O)O)CC(=O)N(C)C1. The summed E-state index contributed by atoms with van der Waals surface area (Å²) in [5.74, 6) is -1.07. The zero-order chi connectivity index (χ0) is 30.5. The van der Waals surface area contributed by atoms with Gasteiger partial charge in [0.15, 0.2) is 5.60 Å². The van der Waals surface area contributed by atoms with Crippen molar-refractivity contribution in [2.24, 2.45) is 17.8 Å². The first-order valence-electron chi connectivity index (χ1n) is 15.4. The third kappa shape index (κ3) is 5.54. The number of hydrogen-bond donors (Lipinski definition) is 3. The smallest absolute Gasteiger partial charge is 0.340 e. The van der Waals surface area contributed by atoms with Gasteiger partial charge in [0, 0.05) is 37.1 Å². The molecule has 0 unspecified atom stereocenters. The highest BCUT2D eigenvalue weighted by Gasteiger charge is 2.46. The van der Waals surface area contributed by atoms with Crippen molar-refractivity contribution in [3.8, 4) is 5.75 Å². The van der Waals surface area contributed by atoms with Crippen molar-refractivity contribution < 1.29 is 29.6 Å². The Kier molecular flexibility index (Phi) is 7.98. The number of ether oxygens (including phenoxy) is 1. The van der Waals surface area contributed by atoms with Gasteiger partial charge < -0.3 is 29.9 Å². The molecule has 2 aliphatic carbocycles. The molecule has 1 amide bonds. The number of rotatable bonds is 1. The van der Waals surface area contributed by atoms with Gasteiger partial charge in [-0.15, -0.1) is 0 Å². The molecule has 2 aromatic carbocycles. The van der Waals surface area contributed by atoms with Gasteiger partial charge in [-0.3, -0.25) is 4.79 Å². The van der Waals surface area contributed by atoms with E-state index in [1.165, 1.54) is 16.0 Å². The Morgan fingerprint density at radius 2 is 1.93 bits per heavy atom. The van der Waals surface area contributed by atoms with Crippen LogP contribution in [0.1, 0.15) is 55.7 Å². The minimum atomic E-state index is -2.41. The standard InChI is InChI=1S/C34H41ClN2O6/c1-21-5-11-29(38)26-9-6-23(26)18-37-19-33(13-3-4-22-14-25(35)8-10-27(22)33)20-43-30-12-7-24(15-28(30)37)34(42,32(40)41)16-31(39)36(2)17-21/h5,7-8,10-12,14-15,21,23,26,29,38,42H,3-4,6,9,13,16-20H2,1-2H3,(H,40,41)/b11-5+/t21-,23+,26-,29+,33+,34-/m1/s1. The van der Waals surface area contributed by atoms with Gasteiger partial charge in [0.2, 0.25) is 5.91 Å². The first-order valence-corrected chi connectivity index (χ1v) is 15.7. The van der Waals surface area contributed by atoms with Crippen molar-refractivity contribution in [1.82, 2.24) is 4.90 Å². The molecule has 1 spiro atoms. The molecule has 43 heavy (non-hydrogen) atoms. The number of amides is 1. The van der Waals surface area contributed by atoms with Crippen molar-refractivity contribution in [2.75, 3.05) is 38.2 Å². The van der Waals surface area contributed by atoms with Gasteiger partial charge in [0.1, 0.15) is 5.75 Å². The molecule has 4 aliphatic rings. The first-order chi connectivity index (χ1) is 20.5. The maximum Gasteiger partial charge on any atom is 0.340 e. The van der Waals surface area contributed by atoms with Crippen LogP contribution < -0.4 is 9.64 Å². The predicted octanol–water partition coefficient (Wildman–Crippen LogP) is 4.53. The first kappa shape index (κ1) is 30.0. The van der Waals surface area contributed by atoms with Crippen molar-refractivity contribution in [1.29, 1.82) is 0 Å². The summed E-state index contributed by atoms with van der Waals surface area (Å²) in [6.07, 6.45) is 7.36. The molecule has 0 radical (unpaired) electrons. The van der Waals surface area contributed by atoms with Crippen LogP contribution in [0.15, 0.2) is 48.6 Å². The fraction of sp³-hybridized carbons (Fsp3) is 0.529. The number of halogens is 1. The van der Waals surface area contributed by atoms with E-state index in [9.17, 15) is 24.9 Å². The zero-order valence-electron chi connectivity index (χ0n) is 24.8. The normalized spacial score (nSPS) is 33.5. The van der Waals surface area contributed by atoms with E-state index in [4.69, 9.17) is 16.3 Å². The maximum atomic E-state index is 13.2. The van der Waals surface area contributed by atoms with Crippen LogP contribution in [0.25, 0.3) is 0 Å². The summed E-state index contributed by atoms with van der Waals surface area (Å²) in [7, 11) is 1.61. The second-order valence-corrected chi connectivity index (χ2v) is 13.7. The molecule has 2 aliphatic heterocycles. The fourth-order valence-electron chi connectivity index (χ4n) is 7.62. The lowest BCUT2D eigenvalue weighted by molar-refractivity contribution is -0.164. The lowest BCUT2D eigenvalue weighted by Gasteiger charge is -2.45. The van der Waals surface area contributed by atoms with Gasteiger partial charge in [-0.1, -0.05) is 42.8 Å². The van der Waals surface area contributed by atoms with Gasteiger partial charge in [-0.2, -0.15) is 0 Å². The highest BCUT2D eigenvalue weighted by atomic mass is 35.5. The molecule has 2 aromatic rings. The maximum absolute atomic E-state index is 13.2. The zero-order valence-corrected chi connectivity index (χ0v) is 25.6. The van der Waals surface area contributed by atoms with Crippen LogP contribution in [0, 0.1) is 17.8 Å². The molecular weight excluding hydrogens is 568 g/mol. The van der Waals surface area contributed by atoms with Crippen molar-refractivity contribution in [3.63, 3.8) is 0 Å². The third-order valence-corrected chi connectivity index (χ3v) is 10.5. The molecule has 1 saturated carbocycles. The van der Waals surface area contributed by atoms with Crippen LogP contribution in [0.3, 0.4) is 0 Å². The Bertz CT molecular complexity index is 1450. The number of carboxylic acids is 1. The number of hydrogen-bond acceptors (Lipinski definition) is 6. The van der Waals surface area contributed by atoms with E-state index in [0.29, 0.717) is 42.7 Å². The van der Waals surface area contributed by atoms with E-state index < -0.39 is 30.0 Å². The van der Waals surface area contributed by atoms with Gasteiger partial charge in [-0.25, -0.2) is 4.79 Å². The summed E-state index contributed by atoms with van der Waals surface area (Å²) in [6, 6.07) is 11.1. The van der Waals surface area contributed by atoms with E-state index in [2.05, 4.69) is 17.0 Å². The van der Waals surface area contributed by atoms with E-state index in [0.717, 1.165) is 32.1 Å². The van der Waals surface area contributed by atoms with Crippen LogP contribution in [0.2, 0.25) is 5.02 Å². The Balaban J connectivity index is 1.46. The van der Waals surface area contributed by atoms with Crippen molar-refractivity contribution in [2.45, 2.75) is 62.6 Å². The summed E-state index contributed by atoms with van der Waals surface area (Å²) >= 11 is 6.39. The number of carbonyl (C=O) groups is 2. The predicted molar refractivity (Wildman–Crippen MR) is 165 cm³/mol. The van der Waals surface area contributed by atoms with E-state index >= 15 is 0 Å². The minimum Gasteiger partial charge on any atom is -0.490 e. The van der Waals surface area contributed by atoms with Gasteiger partial charge in [0.25, 0.3) is 0 Å². The van der Waals surface area contributed by atoms with Crippen LogP contribution in [0.5, 0.6) is 5.75 Å². The number of fused-ring (bicyclic) bond motifs is 4. The topological polar surface area (TPSA) is 111 Å². The summed E-state index contributed by atoms with van der Waals surface area (Å²) in [5.41, 5.74) is 0.574. The number of benzene rings is 2. The summed E-state index contributed by atoms with van der Waals surface area (Å²) < 4.78 is 6.53. The number of aliphatic carboxylic acids is 1. The Hall–Kier alpha value is -3.07. The number of aryl methyl sites for hydroxylation is 1. The monoisotopic (exact) mass is 608 g/mol. The number of aliphatic hydroxyl groups excluding tert-OH is 1. The number of aliphatic hydroxyl groups is 2. The van der Waals surface area contributed by atoms with Crippen molar-refractivity contribution >= 4 is 29.2 Å². The highest BCUT2D eigenvalue weighted by molar-refractivity contribution is 6.30. The van der Waals surface area contributed by atoms with E-state index in [1.54, 1.807) is 25.2 Å².